The molecule has 124 valence electrons. The fraction of sp³-hybridized carbons (Fsp3) is 0.125. The van der Waals surface area contributed by atoms with Gasteiger partial charge in [-0.25, -0.2) is 4.79 Å². The van der Waals surface area contributed by atoms with Gasteiger partial charge >= 0.3 is 6.09 Å². The van der Waals surface area contributed by atoms with Crippen LogP contribution in [0.5, 0.6) is 0 Å². The van der Waals surface area contributed by atoms with Gasteiger partial charge in [-0.3, -0.25) is 20.2 Å². The Morgan fingerprint density at radius 1 is 1.08 bits per heavy atom. The van der Waals surface area contributed by atoms with E-state index in [0.717, 1.165) is 0 Å². The van der Waals surface area contributed by atoms with Crippen molar-refractivity contribution >= 4 is 29.1 Å². The van der Waals surface area contributed by atoms with Gasteiger partial charge in [0.15, 0.2) is 0 Å². The van der Waals surface area contributed by atoms with Crippen LogP contribution in [0.3, 0.4) is 0 Å². The van der Waals surface area contributed by atoms with Gasteiger partial charge in [0, 0.05) is 28.6 Å². The molecule has 0 atom stereocenters. The molecule has 0 radical (unpaired) electrons. The van der Waals surface area contributed by atoms with Crippen LogP contribution in [0.15, 0.2) is 42.5 Å². The maximum atomic E-state index is 12.4. The SMILES string of the molecule is COC(=O)Nc1cccc(NC(=O)c2cccc([N+](=O)[O-])c2C)c1. The van der Waals surface area contributed by atoms with E-state index in [1.165, 1.54) is 32.2 Å². The van der Waals surface area contributed by atoms with E-state index in [1.807, 2.05) is 0 Å². The number of nitro benzene ring substituents is 1. The van der Waals surface area contributed by atoms with E-state index in [0.29, 0.717) is 11.4 Å². The summed E-state index contributed by atoms with van der Waals surface area (Å²) in [5.41, 5.74) is 1.23. The van der Waals surface area contributed by atoms with Crippen molar-refractivity contribution in [2.75, 3.05) is 17.7 Å². The predicted molar refractivity (Wildman–Crippen MR) is 88.3 cm³/mol. The maximum absolute atomic E-state index is 12.4. The molecule has 0 aliphatic carbocycles. The second-order valence-electron chi connectivity index (χ2n) is 4.86. The number of hydrogen-bond donors (Lipinski definition) is 2. The standard InChI is InChI=1S/C16H15N3O5/c1-10-13(7-4-8-14(10)19(22)23)15(20)17-11-5-3-6-12(9-11)18-16(21)24-2/h3-9H,1-2H3,(H,17,20)(H,18,21). The van der Waals surface area contributed by atoms with Crippen LogP contribution in [0.25, 0.3) is 0 Å². The van der Waals surface area contributed by atoms with Gasteiger partial charge in [-0.2, -0.15) is 0 Å². The zero-order chi connectivity index (χ0) is 17.7. The molecule has 0 bridgehead atoms. The van der Waals surface area contributed by atoms with Crippen molar-refractivity contribution in [3.8, 4) is 0 Å². The number of carbonyl (C=O) groups is 2. The molecule has 0 heterocycles. The molecule has 0 fully saturated rings. The second-order valence-corrected chi connectivity index (χ2v) is 4.86. The van der Waals surface area contributed by atoms with Gasteiger partial charge in [-0.15, -0.1) is 0 Å². The first-order chi connectivity index (χ1) is 11.4. The number of ether oxygens (including phenoxy) is 1. The van der Waals surface area contributed by atoms with Crippen molar-refractivity contribution in [3.05, 3.63) is 63.7 Å². The summed E-state index contributed by atoms with van der Waals surface area (Å²) in [5, 5.41) is 16.1. The fourth-order valence-electron chi connectivity index (χ4n) is 2.11. The number of nitrogens with zero attached hydrogens (tertiary/aromatic N) is 1. The molecule has 0 aromatic heterocycles. The first-order valence-electron chi connectivity index (χ1n) is 6.92. The van der Waals surface area contributed by atoms with Crippen molar-refractivity contribution in [1.82, 2.24) is 0 Å². The number of hydrogen-bond acceptors (Lipinski definition) is 5. The van der Waals surface area contributed by atoms with Crippen LogP contribution < -0.4 is 10.6 Å². The first kappa shape index (κ1) is 16.9. The zero-order valence-corrected chi connectivity index (χ0v) is 13.0. The minimum atomic E-state index is -0.631. The molecule has 2 aromatic carbocycles. The lowest BCUT2D eigenvalue weighted by atomic mass is 10.1. The normalized spacial score (nSPS) is 9.92. The van der Waals surface area contributed by atoms with Gasteiger partial charge < -0.3 is 10.1 Å². The Morgan fingerprint density at radius 3 is 2.33 bits per heavy atom. The Balaban J connectivity index is 2.21. The molecule has 24 heavy (non-hydrogen) atoms. The monoisotopic (exact) mass is 329 g/mol. The van der Waals surface area contributed by atoms with E-state index in [-0.39, 0.29) is 16.8 Å². The highest BCUT2D eigenvalue weighted by molar-refractivity contribution is 6.06. The lowest BCUT2D eigenvalue weighted by molar-refractivity contribution is -0.385. The topological polar surface area (TPSA) is 111 Å². The van der Waals surface area contributed by atoms with E-state index < -0.39 is 16.9 Å². The minimum Gasteiger partial charge on any atom is -0.453 e. The van der Waals surface area contributed by atoms with Crippen molar-refractivity contribution in [2.24, 2.45) is 0 Å². The number of benzene rings is 2. The highest BCUT2D eigenvalue weighted by Crippen LogP contribution is 2.23. The molecule has 0 saturated heterocycles. The van der Waals surface area contributed by atoms with Crippen LogP contribution in [-0.2, 0) is 4.74 Å². The molecule has 8 nitrogen and oxygen atoms in total. The van der Waals surface area contributed by atoms with Gasteiger partial charge in [-0.05, 0) is 31.2 Å². The van der Waals surface area contributed by atoms with Crippen LogP contribution in [0, 0.1) is 17.0 Å². The van der Waals surface area contributed by atoms with E-state index in [9.17, 15) is 19.7 Å². The molecule has 2 rings (SSSR count). The highest BCUT2D eigenvalue weighted by Gasteiger charge is 2.18. The van der Waals surface area contributed by atoms with Crippen molar-refractivity contribution in [2.45, 2.75) is 6.92 Å². The molecular weight excluding hydrogens is 314 g/mol. The predicted octanol–water partition coefficient (Wildman–Crippen LogP) is 3.33. The summed E-state index contributed by atoms with van der Waals surface area (Å²) in [6, 6.07) is 10.7. The Kier molecular flexibility index (Phi) is 5.10. The third kappa shape index (κ3) is 3.86. The minimum absolute atomic E-state index is 0.122. The average Bonchev–Trinajstić information content (AvgIpc) is 2.54. The van der Waals surface area contributed by atoms with E-state index in [1.54, 1.807) is 24.3 Å². The molecule has 0 saturated carbocycles. The third-order valence-electron chi connectivity index (χ3n) is 3.30. The number of methoxy groups -OCH3 is 1. The van der Waals surface area contributed by atoms with Gasteiger partial charge in [0.2, 0.25) is 0 Å². The molecular formula is C16H15N3O5. The lowest BCUT2D eigenvalue weighted by Gasteiger charge is -2.10. The summed E-state index contributed by atoms with van der Waals surface area (Å²) in [4.78, 5) is 34.0. The molecule has 2 N–H and O–H groups in total. The summed E-state index contributed by atoms with van der Waals surface area (Å²) in [6.07, 6.45) is -0.631. The fourth-order valence-corrected chi connectivity index (χ4v) is 2.11. The largest absolute Gasteiger partial charge is 0.453 e. The smallest absolute Gasteiger partial charge is 0.411 e. The molecule has 2 amide bonds. The molecule has 0 unspecified atom stereocenters. The van der Waals surface area contributed by atoms with Gasteiger partial charge in [-0.1, -0.05) is 12.1 Å². The van der Waals surface area contributed by atoms with Gasteiger partial charge in [0.25, 0.3) is 11.6 Å². The average molecular weight is 329 g/mol. The molecule has 2 aromatic rings. The quantitative estimate of drug-likeness (QED) is 0.660. The maximum Gasteiger partial charge on any atom is 0.411 e. The van der Waals surface area contributed by atoms with E-state index >= 15 is 0 Å². The Hall–Kier alpha value is -3.42. The van der Waals surface area contributed by atoms with Gasteiger partial charge in [0.1, 0.15) is 0 Å². The summed E-state index contributed by atoms with van der Waals surface area (Å²) < 4.78 is 4.49. The number of rotatable bonds is 4. The van der Waals surface area contributed by atoms with E-state index in [4.69, 9.17) is 0 Å². The van der Waals surface area contributed by atoms with Crippen molar-refractivity contribution in [1.29, 1.82) is 0 Å². The van der Waals surface area contributed by atoms with Crippen molar-refractivity contribution in [3.63, 3.8) is 0 Å². The van der Waals surface area contributed by atoms with Gasteiger partial charge in [0.05, 0.1) is 12.0 Å². The number of amides is 2. The Bertz CT molecular complexity index is 804. The molecule has 0 aliphatic heterocycles. The van der Waals surface area contributed by atoms with Crippen LogP contribution in [0.2, 0.25) is 0 Å². The molecule has 0 spiro atoms. The summed E-state index contributed by atoms with van der Waals surface area (Å²) >= 11 is 0. The first-order valence-corrected chi connectivity index (χ1v) is 6.92. The number of carbonyl (C=O) groups excluding carboxylic acids is 2. The second kappa shape index (κ2) is 7.23. The third-order valence-corrected chi connectivity index (χ3v) is 3.30. The zero-order valence-electron chi connectivity index (χ0n) is 13.0. The van der Waals surface area contributed by atoms with Crippen molar-refractivity contribution < 1.29 is 19.2 Å². The summed E-state index contributed by atoms with van der Waals surface area (Å²) in [7, 11) is 1.24. The number of nitro groups is 1. The van der Waals surface area contributed by atoms with E-state index in [2.05, 4.69) is 15.4 Å². The highest BCUT2D eigenvalue weighted by atomic mass is 16.6. The summed E-state index contributed by atoms with van der Waals surface area (Å²) in [5.74, 6) is -0.480. The summed E-state index contributed by atoms with van der Waals surface area (Å²) in [6.45, 7) is 1.52. The number of nitrogens with one attached hydrogen (secondary N) is 2. The van der Waals surface area contributed by atoms with Crippen LogP contribution in [0.1, 0.15) is 15.9 Å². The van der Waals surface area contributed by atoms with Crippen LogP contribution >= 0.6 is 0 Å². The Labute approximate surface area is 137 Å². The lowest BCUT2D eigenvalue weighted by Crippen LogP contribution is -2.15. The van der Waals surface area contributed by atoms with Crippen LogP contribution in [-0.4, -0.2) is 24.0 Å². The molecule has 8 heteroatoms. The number of anilines is 2. The Morgan fingerprint density at radius 2 is 1.71 bits per heavy atom. The molecule has 0 aliphatic rings. The van der Waals surface area contributed by atoms with Crippen LogP contribution in [0.4, 0.5) is 21.9 Å².